The Bertz CT molecular complexity index is 1390. The van der Waals surface area contributed by atoms with Gasteiger partial charge in [0.1, 0.15) is 11.4 Å². The predicted molar refractivity (Wildman–Crippen MR) is 167 cm³/mol. The molecule has 4 N–H and O–H groups in total. The molecule has 1 atom stereocenters. The monoisotopic (exact) mass is 611 g/mol. The highest BCUT2D eigenvalue weighted by atomic mass is 35.5. The number of benzene rings is 2. The normalized spacial score (nSPS) is 21.8. The minimum Gasteiger partial charge on any atom is -0.345 e. The fraction of sp³-hybridized carbons (Fsp3) is 0.484. The minimum atomic E-state index is -0.659. The van der Waals surface area contributed by atoms with E-state index in [9.17, 15) is 9.59 Å². The van der Waals surface area contributed by atoms with E-state index in [1.165, 1.54) is 0 Å². The van der Waals surface area contributed by atoms with Crippen molar-refractivity contribution in [3.05, 3.63) is 69.2 Å². The van der Waals surface area contributed by atoms with E-state index in [-0.39, 0.29) is 35.7 Å². The van der Waals surface area contributed by atoms with Crippen molar-refractivity contribution in [2.24, 2.45) is 32.4 Å². The lowest BCUT2D eigenvalue weighted by molar-refractivity contribution is -0.133. The van der Waals surface area contributed by atoms with Gasteiger partial charge in [0.15, 0.2) is 5.84 Å². The van der Waals surface area contributed by atoms with E-state index in [2.05, 4.69) is 43.2 Å². The molecule has 224 valence electrons. The van der Waals surface area contributed by atoms with Crippen molar-refractivity contribution >= 4 is 46.6 Å². The fourth-order valence-electron chi connectivity index (χ4n) is 6.13. The summed E-state index contributed by atoms with van der Waals surface area (Å²) >= 11 is 12.5. The van der Waals surface area contributed by atoms with Crippen molar-refractivity contribution in [3.8, 4) is 0 Å². The average Bonchev–Trinajstić information content (AvgIpc) is 3.24. The number of aliphatic imine (C=N–C) groups is 1. The van der Waals surface area contributed by atoms with Gasteiger partial charge in [-0.2, -0.15) is 5.10 Å². The van der Waals surface area contributed by atoms with Crippen molar-refractivity contribution in [2.75, 3.05) is 6.54 Å². The Balaban J connectivity index is 1.69. The van der Waals surface area contributed by atoms with Crippen molar-refractivity contribution in [1.29, 1.82) is 5.53 Å². The zero-order chi connectivity index (χ0) is 30.7. The summed E-state index contributed by atoms with van der Waals surface area (Å²) in [6, 6.07) is 12.3. The van der Waals surface area contributed by atoms with E-state index in [4.69, 9.17) is 39.6 Å². The third-order valence-electron chi connectivity index (χ3n) is 8.51. The third-order valence-corrected chi connectivity index (χ3v) is 9.25. The number of amidine groups is 1. The first kappa shape index (κ1) is 31.6. The number of nitrogens with one attached hydrogen (secondary N) is 2. The Labute approximate surface area is 257 Å². The second kappa shape index (κ2) is 12.9. The summed E-state index contributed by atoms with van der Waals surface area (Å²) in [6.45, 7) is 8.89. The van der Waals surface area contributed by atoms with Gasteiger partial charge in [0.05, 0.1) is 22.6 Å². The van der Waals surface area contributed by atoms with Gasteiger partial charge in [-0.15, -0.1) is 5.11 Å². The van der Waals surface area contributed by atoms with E-state index in [0.717, 1.165) is 44.1 Å². The van der Waals surface area contributed by atoms with Crippen LogP contribution in [-0.2, 0) is 4.79 Å². The molecule has 9 nitrogen and oxygen atoms in total. The molecule has 2 aliphatic rings. The van der Waals surface area contributed by atoms with Gasteiger partial charge >= 0.3 is 0 Å². The molecule has 11 heteroatoms. The summed E-state index contributed by atoms with van der Waals surface area (Å²) in [4.78, 5) is 34.2. The van der Waals surface area contributed by atoms with Crippen LogP contribution in [0.2, 0.25) is 10.0 Å². The van der Waals surface area contributed by atoms with Crippen LogP contribution >= 0.6 is 23.2 Å². The van der Waals surface area contributed by atoms with Crippen molar-refractivity contribution in [2.45, 2.75) is 77.9 Å². The van der Waals surface area contributed by atoms with Crippen LogP contribution in [0.1, 0.15) is 93.7 Å². The second-order valence-electron chi connectivity index (χ2n) is 12.2. The highest BCUT2D eigenvalue weighted by Crippen LogP contribution is 2.50. The van der Waals surface area contributed by atoms with Gasteiger partial charge in [0.25, 0.3) is 11.8 Å². The smallest absolute Gasteiger partial charge is 0.275 e. The molecule has 2 aromatic rings. The first-order valence-corrected chi connectivity index (χ1v) is 15.1. The molecular weight excluding hydrogens is 573 g/mol. The maximum Gasteiger partial charge on any atom is 0.275 e. The molecule has 0 saturated heterocycles. The Morgan fingerprint density at radius 2 is 1.83 bits per heavy atom. The third kappa shape index (κ3) is 6.52. The number of carbonyl (C=O) groups excluding carboxylic acids is 2. The first-order chi connectivity index (χ1) is 19.9. The molecule has 4 rings (SSSR count). The molecular formula is C31H39Cl2N7O2. The van der Waals surface area contributed by atoms with Gasteiger partial charge in [0, 0.05) is 11.1 Å². The van der Waals surface area contributed by atoms with Gasteiger partial charge in [-0.25, -0.2) is 5.53 Å². The number of hydrazone groups is 1. The van der Waals surface area contributed by atoms with Crippen LogP contribution in [0.4, 0.5) is 0 Å². The summed E-state index contributed by atoms with van der Waals surface area (Å²) in [5, 5.41) is 10.0. The standard InChI is InChI=1S/C31H39Cl2N7O2/c1-5-6-25(19-7-9-20(10-8-19)28(41)36-18-26(38-34)39-35)40-29(42)27(21-11-12-23(32)24(33)17-21)37-31(40)15-13-22(14-16-31)30(2,3)4/h7-12,17,22,25,34H,5-6,13-16,18,35H2,1-4H3,(H,36,41). The molecule has 1 fully saturated rings. The van der Waals surface area contributed by atoms with E-state index in [1.807, 2.05) is 17.0 Å². The molecule has 0 bridgehead atoms. The Morgan fingerprint density at radius 3 is 2.38 bits per heavy atom. The molecule has 2 amide bonds. The van der Waals surface area contributed by atoms with E-state index in [1.54, 1.807) is 30.3 Å². The Hall–Kier alpha value is -3.30. The van der Waals surface area contributed by atoms with Gasteiger partial charge in [-0.3, -0.25) is 14.6 Å². The quantitative estimate of drug-likeness (QED) is 0.0962. The first-order valence-electron chi connectivity index (χ1n) is 14.4. The maximum absolute atomic E-state index is 14.3. The fourth-order valence-corrected chi connectivity index (χ4v) is 6.42. The van der Waals surface area contributed by atoms with Gasteiger partial charge in [0.2, 0.25) is 0 Å². The molecule has 42 heavy (non-hydrogen) atoms. The molecule has 0 aromatic heterocycles. The molecule has 1 heterocycles. The van der Waals surface area contributed by atoms with Gasteiger partial charge in [-0.1, -0.05) is 75.5 Å². The number of hydrogen-bond donors (Lipinski definition) is 3. The van der Waals surface area contributed by atoms with Crippen molar-refractivity contribution in [1.82, 2.24) is 10.2 Å². The molecule has 1 saturated carbocycles. The summed E-state index contributed by atoms with van der Waals surface area (Å²) in [6.07, 6.45) is 5.10. The number of nitrogens with two attached hydrogens (primary N) is 1. The summed E-state index contributed by atoms with van der Waals surface area (Å²) in [5.41, 5.74) is 9.02. The average molecular weight is 613 g/mol. The van der Waals surface area contributed by atoms with Crippen molar-refractivity contribution < 1.29 is 9.59 Å². The van der Waals surface area contributed by atoms with Crippen LogP contribution in [0.15, 0.2) is 57.7 Å². The summed E-state index contributed by atoms with van der Waals surface area (Å²) in [5.74, 6) is 5.28. The van der Waals surface area contributed by atoms with Crippen molar-refractivity contribution in [3.63, 3.8) is 0 Å². The number of nitrogens with zero attached hydrogens (tertiary/aromatic N) is 4. The van der Waals surface area contributed by atoms with Crippen LogP contribution in [0.5, 0.6) is 0 Å². The van der Waals surface area contributed by atoms with Crippen LogP contribution < -0.4 is 11.2 Å². The van der Waals surface area contributed by atoms with Crippen LogP contribution in [0.25, 0.3) is 0 Å². The number of rotatable bonds is 8. The van der Waals surface area contributed by atoms with E-state index >= 15 is 0 Å². The highest BCUT2D eigenvalue weighted by molar-refractivity contribution is 6.48. The lowest BCUT2D eigenvalue weighted by Gasteiger charge is -2.47. The summed E-state index contributed by atoms with van der Waals surface area (Å²) < 4.78 is 0. The Morgan fingerprint density at radius 1 is 1.17 bits per heavy atom. The molecule has 1 unspecified atom stereocenters. The second-order valence-corrected chi connectivity index (χ2v) is 13.0. The summed E-state index contributed by atoms with van der Waals surface area (Å²) in [7, 11) is 0. The number of carbonyl (C=O) groups is 2. The lowest BCUT2D eigenvalue weighted by atomic mass is 9.69. The predicted octanol–water partition coefficient (Wildman–Crippen LogP) is 7.13. The number of amides is 2. The maximum atomic E-state index is 14.3. The SMILES string of the molecule is CCCC(c1ccc(C(=O)NCC(N=N)=NN)cc1)N1C(=O)C(c2ccc(Cl)c(Cl)c2)=NC12CCC(C(C)(C)C)CC2. The number of hydrogen-bond acceptors (Lipinski definition) is 6. The van der Waals surface area contributed by atoms with Crippen LogP contribution in [0, 0.1) is 16.9 Å². The van der Waals surface area contributed by atoms with E-state index in [0.29, 0.717) is 32.8 Å². The van der Waals surface area contributed by atoms with Crippen LogP contribution in [0.3, 0.4) is 0 Å². The Kier molecular flexibility index (Phi) is 9.73. The zero-order valence-corrected chi connectivity index (χ0v) is 26.1. The molecule has 0 radical (unpaired) electrons. The largest absolute Gasteiger partial charge is 0.345 e. The molecule has 1 aliphatic carbocycles. The topological polar surface area (TPSA) is 136 Å². The minimum absolute atomic E-state index is 0.0137. The highest BCUT2D eigenvalue weighted by Gasteiger charge is 2.52. The van der Waals surface area contributed by atoms with Crippen LogP contribution in [-0.4, -0.2) is 40.5 Å². The number of halogens is 2. The molecule has 2 aromatic carbocycles. The van der Waals surface area contributed by atoms with Gasteiger partial charge in [-0.05, 0) is 73.3 Å². The van der Waals surface area contributed by atoms with Gasteiger partial charge < -0.3 is 16.1 Å². The lowest BCUT2D eigenvalue weighted by Crippen LogP contribution is -2.51. The molecule has 1 spiro atoms. The van der Waals surface area contributed by atoms with E-state index < -0.39 is 5.66 Å². The molecule has 1 aliphatic heterocycles. The zero-order valence-electron chi connectivity index (χ0n) is 24.6.